The Kier molecular flexibility index (Phi) is 17.5. The van der Waals surface area contributed by atoms with Crippen LogP contribution in [-0.2, 0) is 21.1 Å². The Hall–Kier alpha value is -0.842. The first-order valence-electron chi connectivity index (χ1n) is 9.23. The van der Waals surface area contributed by atoms with Gasteiger partial charge in [0.2, 0.25) is 0 Å². The first-order valence-corrected chi connectivity index (χ1v) is 9.23. The van der Waals surface area contributed by atoms with Gasteiger partial charge >= 0.3 is 0 Å². The van der Waals surface area contributed by atoms with E-state index in [0.29, 0.717) is 12.0 Å². The average molecular weight is 515 g/mol. The summed E-state index contributed by atoms with van der Waals surface area (Å²) in [6, 6.07) is 2.06. The molecule has 1 unspecified atom stereocenters. The smallest absolute Gasteiger partial charge is 0.190 e. The molecule has 0 saturated heterocycles. The van der Waals surface area contributed by atoms with Gasteiger partial charge in [-0.2, -0.15) is 5.26 Å². The van der Waals surface area contributed by atoms with E-state index in [1.165, 1.54) is 17.6 Å². The Morgan fingerprint density at radius 3 is 2.28 bits per heavy atom. The summed E-state index contributed by atoms with van der Waals surface area (Å²) in [6.07, 6.45) is 13.1. The molecule has 0 radical (unpaired) electrons. The molecule has 25 heavy (non-hydrogen) atoms. The Bertz CT molecular complexity index is 471. The predicted molar refractivity (Wildman–Crippen MR) is 104 cm³/mol. The van der Waals surface area contributed by atoms with Gasteiger partial charge in [0.05, 0.1) is 0 Å². The van der Waals surface area contributed by atoms with E-state index >= 15 is 0 Å². The van der Waals surface area contributed by atoms with E-state index in [4.69, 9.17) is 10.4 Å². The van der Waals surface area contributed by atoms with Crippen molar-refractivity contribution in [3.63, 3.8) is 0 Å². The molecule has 0 bridgehead atoms. The molecule has 0 amide bonds. The summed E-state index contributed by atoms with van der Waals surface area (Å²) in [5.74, 6) is 0.351. The van der Waals surface area contributed by atoms with Gasteiger partial charge in [-0.05, 0) is 51.5 Å². The second-order valence-electron chi connectivity index (χ2n) is 6.56. The zero-order valence-corrected chi connectivity index (χ0v) is 19.5. The molecule has 0 heterocycles. The average Bonchev–Trinajstić information content (AvgIpc) is 2.54. The molecule has 4 heteroatoms. The molecule has 1 aliphatic rings. The van der Waals surface area contributed by atoms with Crippen molar-refractivity contribution >= 4 is 0 Å². The number of allylic oxidation sites excluding steroid dienone is 4. The van der Waals surface area contributed by atoms with E-state index in [2.05, 4.69) is 52.1 Å². The first-order chi connectivity index (χ1) is 11.4. The number of hydrogen-bond donors (Lipinski definition) is 1. The fourth-order valence-corrected chi connectivity index (χ4v) is 2.18. The Balaban J connectivity index is 0. The maximum atomic E-state index is 8.69. The van der Waals surface area contributed by atoms with Crippen LogP contribution in [0.25, 0.3) is 5.32 Å². The van der Waals surface area contributed by atoms with Gasteiger partial charge in [-0.3, -0.25) is 0 Å². The van der Waals surface area contributed by atoms with Crippen LogP contribution in [0.3, 0.4) is 0 Å². The van der Waals surface area contributed by atoms with Gasteiger partial charge in [0, 0.05) is 21.1 Å². The van der Waals surface area contributed by atoms with Crippen LogP contribution in [0.2, 0.25) is 0 Å². The maximum Gasteiger partial charge on any atom is 0.190 e. The van der Waals surface area contributed by atoms with Crippen molar-refractivity contribution in [3.8, 4) is 6.07 Å². The van der Waals surface area contributed by atoms with Crippen molar-refractivity contribution in [2.24, 2.45) is 5.92 Å². The van der Waals surface area contributed by atoms with Gasteiger partial charge in [-0.25, -0.2) is 0 Å². The zero-order chi connectivity index (χ0) is 18.4. The van der Waals surface area contributed by atoms with Crippen LogP contribution in [0.5, 0.6) is 0 Å². The minimum absolute atomic E-state index is 0. The van der Waals surface area contributed by atoms with Crippen LogP contribution in [0.1, 0.15) is 73.1 Å². The van der Waals surface area contributed by atoms with Crippen LogP contribution in [-0.4, -0.2) is 17.7 Å². The molecule has 0 aliphatic heterocycles. The fraction of sp³-hybridized carbons (Fsp3) is 0.667. The molecule has 0 spiro atoms. The zero-order valence-electron chi connectivity index (χ0n) is 16.6. The summed E-state index contributed by atoms with van der Waals surface area (Å²) in [6.45, 7) is 11.9. The van der Waals surface area contributed by atoms with Crippen LogP contribution < -0.4 is 0 Å². The molecule has 0 aromatic rings. The molecule has 1 atom stereocenters. The van der Waals surface area contributed by atoms with Gasteiger partial charge in [0.1, 0.15) is 6.07 Å². The van der Waals surface area contributed by atoms with E-state index in [0.717, 1.165) is 38.6 Å². The molecule has 1 fully saturated rings. The van der Waals surface area contributed by atoms with Crippen LogP contribution in [0.4, 0.5) is 0 Å². The van der Waals surface area contributed by atoms with Crippen molar-refractivity contribution in [2.75, 3.05) is 6.54 Å². The normalized spacial score (nSPS) is 16.7. The van der Waals surface area contributed by atoms with Crippen molar-refractivity contribution in [1.29, 1.82) is 5.26 Å². The molecule has 1 saturated carbocycles. The molecule has 1 N–H and O–H groups in total. The van der Waals surface area contributed by atoms with E-state index in [1.54, 1.807) is 12.1 Å². The third-order valence-electron chi connectivity index (χ3n) is 4.34. The molecule has 1 aliphatic carbocycles. The number of nitrogens with zero attached hydrogens (tertiary/aromatic N) is 2. The third-order valence-corrected chi connectivity index (χ3v) is 4.34. The molecule has 0 aromatic heterocycles. The number of nitriles is 1. The topological polar surface area (TPSA) is 58.1 Å². The molecule has 3 nitrogen and oxygen atoms in total. The Morgan fingerprint density at radius 2 is 1.84 bits per heavy atom. The Morgan fingerprint density at radius 1 is 1.24 bits per heavy atom. The number of aliphatic hydroxyl groups is 1. The maximum absolute atomic E-state index is 8.69. The first kappa shape index (κ1) is 26.4. The predicted octanol–water partition coefficient (Wildman–Crippen LogP) is 6.60. The van der Waals surface area contributed by atoms with Crippen LogP contribution in [0, 0.1) is 17.2 Å². The summed E-state index contributed by atoms with van der Waals surface area (Å²) < 4.78 is 0. The third kappa shape index (κ3) is 15.2. The SMILES string of the molecule is CC/C(C)=C/CC[N-]C(C)/C=C(\C)CC.N#C/C(O)=C/C1CCC1.[W]. The second-order valence-corrected chi connectivity index (χ2v) is 6.56. The molecular formula is C21H35N2OW-. The molecule has 142 valence electrons. The second kappa shape index (κ2) is 16.6. The largest absolute Gasteiger partial charge is 0.656 e. The van der Waals surface area contributed by atoms with Gasteiger partial charge in [0.15, 0.2) is 5.76 Å². The van der Waals surface area contributed by atoms with Crippen molar-refractivity contribution < 1.29 is 26.2 Å². The van der Waals surface area contributed by atoms with E-state index < -0.39 is 0 Å². The van der Waals surface area contributed by atoms with E-state index in [1.807, 2.05) is 0 Å². The minimum Gasteiger partial charge on any atom is -0.656 e. The number of hydrogen-bond acceptors (Lipinski definition) is 2. The standard InChI is InChI=1S/C14H26N.C7H9NO.W/c1-6-12(3)9-8-10-15-14(5)11-13(4)7-2;8-5-7(9)4-6-2-1-3-6;/h9,11,14H,6-8,10H2,1-5H3;4,6,9H,1-3H2;/q-1;;/b12-9+,13-11+;7-4-;. The monoisotopic (exact) mass is 515 g/mol. The van der Waals surface area contributed by atoms with Gasteiger partial charge < -0.3 is 10.4 Å². The summed E-state index contributed by atoms with van der Waals surface area (Å²) in [5, 5.41) is 21.4. The number of aliphatic hydroxyl groups excluding tert-OH is 1. The van der Waals surface area contributed by atoms with Gasteiger partial charge in [-0.1, -0.05) is 50.8 Å². The Labute approximate surface area is 169 Å². The summed E-state index contributed by atoms with van der Waals surface area (Å²) in [5.41, 5.74) is 2.91. The van der Waals surface area contributed by atoms with E-state index in [-0.39, 0.29) is 26.8 Å². The van der Waals surface area contributed by atoms with Crippen molar-refractivity contribution in [2.45, 2.75) is 79.2 Å². The summed E-state index contributed by atoms with van der Waals surface area (Å²) in [4.78, 5) is 0. The van der Waals surface area contributed by atoms with Crippen molar-refractivity contribution in [1.82, 2.24) is 0 Å². The fourth-order valence-electron chi connectivity index (χ4n) is 2.18. The number of rotatable bonds is 8. The van der Waals surface area contributed by atoms with Gasteiger partial charge in [-0.15, -0.1) is 18.7 Å². The van der Waals surface area contributed by atoms with Crippen LogP contribution >= 0.6 is 0 Å². The summed E-state index contributed by atoms with van der Waals surface area (Å²) >= 11 is 0. The van der Waals surface area contributed by atoms with Crippen LogP contribution in [0.15, 0.2) is 35.1 Å². The quantitative estimate of drug-likeness (QED) is 0.130. The van der Waals surface area contributed by atoms with Crippen molar-refractivity contribution in [3.05, 3.63) is 40.5 Å². The molecular weight excluding hydrogens is 480 g/mol. The summed E-state index contributed by atoms with van der Waals surface area (Å²) in [7, 11) is 0. The van der Waals surface area contributed by atoms with Gasteiger partial charge in [0.25, 0.3) is 0 Å². The molecule has 0 aromatic carbocycles. The van der Waals surface area contributed by atoms with E-state index in [9.17, 15) is 0 Å². The minimum atomic E-state index is -0.125. The molecule has 1 rings (SSSR count).